The lowest BCUT2D eigenvalue weighted by atomic mass is 10.1. The van der Waals surface area contributed by atoms with Crippen LogP contribution in [0.1, 0.15) is 22.0 Å². The number of rotatable bonds is 4. The van der Waals surface area contributed by atoms with Crippen molar-refractivity contribution >= 4 is 28.6 Å². The van der Waals surface area contributed by atoms with Gasteiger partial charge in [-0.2, -0.15) is 0 Å². The highest BCUT2D eigenvalue weighted by Crippen LogP contribution is 2.29. The molecule has 1 unspecified atom stereocenters. The lowest BCUT2D eigenvalue weighted by Crippen LogP contribution is -2.19. The Morgan fingerprint density at radius 2 is 1.89 bits per heavy atom. The quantitative estimate of drug-likeness (QED) is 0.460. The summed E-state index contributed by atoms with van der Waals surface area (Å²) in [6.07, 6.45) is -5.77. The van der Waals surface area contributed by atoms with Crippen molar-refractivity contribution in [2.75, 3.05) is 11.5 Å². The summed E-state index contributed by atoms with van der Waals surface area (Å²) in [4.78, 5) is 11.2. The fourth-order valence-electron chi connectivity index (χ4n) is 1.30. The van der Waals surface area contributed by atoms with Crippen molar-refractivity contribution in [3.05, 3.63) is 35.4 Å². The van der Waals surface area contributed by atoms with Gasteiger partial charge < -0.3 is 4.74 Å². The summed E-state index contributed by atoms with van der Waals surface area (Å²) in [5.74, 6) is -0.538. The molecule has 0 aromatic heterocycles. The van der Waals surface area contributed by atoms with Gasteiger partial charge in [-0.3, -0.25) is 4.74 Å². The zero-order valence-corrected chi connectivity index (χ0v) is 11.5. The molecule has 0 aliphatic rings. The van der Waals surface area contributed by atoms with Crippen molar-refractivity contribution in [1.29, 1.82) is 0 Å². The molecule has 0 N–H and O–H groups in total. The van der Waals surface area contributed by atoms with E-state index in [1.807, 2.05) is 0 Å². The molecule has 18 heavy (non-hydrogen) atoms. The number of alkyl halides is 4. The van der Waals surface area contributed by atoms with E-state index in [4.69, 9.17) is 0 Å². The summed E-state index contributed by atoms with van der Waals surface area (Å²) in [5, 5.41) is 0. The van der Waals surface area contributed by atoms with Crippen LogP contribution < -0.4 is 0 Å². The van der Waals surface area contributed by atoms with Crippen LogP contribution in [0, 0.1) is 0 Å². The van der Waals surface area contributed by atoms with Crippen LogP contribution in [0.25, 0.3) is 0 Å². The smallest absolute Gasteiger partial charge is 0.465 e. The van der Waals surface area contributed by atoms with Gasteiger partial charge in [-0.15, -0.1) is 13.2 Å². The van der Waals surface area contributed by atoms with Crippen LogP contribution in [0.4, 0.5) is 13.2 Å². The minimum Gasteiger partial charge on any atom is -0.465 e. The Labute approximate surface area is 115 Å². The van der Waals surface area contributed by atoms with E-state index in [0.717, 1.165) is 0 Å². The van der Waals surface area contributed by atoms with Crippen molar-refractivity contribution in [3.8, 4) is 0 Å². The molecular formula is C11H10F3IO3. The first-order valence-electron chi connectivity index (χ1n) is 4.86. The molecule has 0 amide bonds. The molecule has 0 saturated heterocycles. The summed E-state index contributed by atoms with van der Waals surface area (Å²) in [5.41, 5.74) is 0.634. The number of esters is 1. The van der Waals surface area contributed by atoms with Crippen molar-refractivity contribution in [2.24, 2.45) is 0 Å². The maximum absolute atomic E-state index is 12.1. The first-order valence-corrected chi connectivity index (χ1v) is 6.38. The van der Waals surface area contributed by atoms with E-state index in [0.29, 0.717) is 5.56 Å². The molecule has 0 heterocycles. The number of halogens is 4. The van der Waals surface area contributed by atoms with Gasteiger partial charge in [-0.05, 0) is 17.7 Å². The minimum absolute atomic E-state index is 0.148. The number of ether oxygens (including phenoxy) is 2. The van der Waals surface area contributed by atoms with Gasteiger partial charge in [-0.25, -0.2) is 4.79 Å². The topological polar surface area (TPSA) is 35.5 Å². The first kappa shape index (κ1) is 15.2. The molecular weight excluding hydrogens is 364 g/mol. The van der Waals surface area contributed by atoms with Crippen LogP contribution in [0.15, 0.2) is 24.3 Å². The number of carbonyl (C=O) groups excluding carboxylic acids is 1. The van der Waals surface area contributed by atoms with E-state index >= 15 is 0 Å². The van der Waals surface area contributed by atoms with E-state index < -0.39 is 18.4 Å². The maximum atomic E-state index is 12.1. The zero-order chi connectivity index (χ0) is 13.8. The highest BCUT2D eigenvalue weighted by molar-refractivity contribution is 14.1. The third kappa shape index (κ3) is 4.45. The van der Waals surface area contributed by atoms with E-state index in [1.54, 1.807) is 22.6 Å². The predicted octanol–water partition coefficient (Wildman–Crippen LogP) is 3.49. The van der Waals surface area contributed by atoms with Gasteiger partial charge in [-0.1, -0.05) is 34.7 Å². The average Bonchev–Trinajstić information content (AvgIpc) is 2.34. The van der Waals surface area contributed by atoms with Crippen molar-refractivity contribution in [3.63, 3.8) is 0 Å². The molecule has 1 aromatic carbocycles. The Balaban J connectivity index is 2.85. The minimum atomic E-state index is -4.68. The summed E-state index contributed by atoms with van der Waals surface area (Å²) < 4.78 is 45.0. The molecule has 0 saturated carbocycles. The summed E-state index contributed by atoms with van der Waals surface area (Å²) in [7, 11) is 1.23. The molecule has 0 aliphatic heterocycles. The van der Waals surface area contributed by atoms with Crippen molar-refractivity contribution in [2.45, 2.75) is 12.5 Å². The second-order valence-electron chi connectivity index (χ2n) is 3.32. The number of hydrogen-bond acceptors (Lipinski definition) is 3. The second kappa shape index (κ2) is 6.37. The van der Waals surface area contributed by atoms with Crippen LogP contribution in [0.3, 0.4) is 0 Å². The number of methoxy groups -OCH3 is 1. The molecule has 1 aromatic rings. The largest absolute Gasteiger partial charge is 0.523 e. The number of benzene rings is 1. The van der Waals surface area contributed by atoms with E-state index in [-0.39, 0.29) is 9.99 Å². The van der Waals surface area contributed by atoms with Crippen LogP contribution in [-0.2, 0) is 9.47 Å². The Morgan fingerprint density at radius 1 is 1.33 bits per heavy atom. The summed E-state index contributed by atoms with van der Waals surface area (Å²) in [6, 6.07) is 5.64. The maximum Gasteiger partial charge on any atom is 0.523 e. The fourth-order valence-corrected chi connectivity index (χ4v) is 1.99. The third-order valence-corrected chi connectivity index (χ3v) is 2.92. The van der Waals surface area contributed by atoms with Crippen molar-refractivity contribution < 1.29 is 27.4 Å². The highest BCUT2D eigenvalue weighted by Gasteiger charge is 2.33. The molecule has 1 atom stereocenters. The Hall–Kier alpha value is -0.830. The summed E-state index contributed by atoms with van der Waals surface area (Å²) >= 11 is 1.81. The van der Waals surface area contributed by atoms with E-state index in [1.165, 1.54) is 31.4 Å². The Bertz CT molecular complexity index is 403. The molecule has 0 radical (unpaired) electrons. The standard InChI is InChI=1S/C11H10F3IO3/c1-17-10(16)8-4-2-7(3-5-8)9(6-15)18-11(12,13)14/h2-5,9H,6H2,1H3. The Morgan fingerprint density at radius 3 is 2.28 bits per heavy atom. The number of hydrogen-bond donors (Lipinski definition) is 0. The van der Waals surface area contributed by atoms with Gasteiger partial charge in [0.15, 0.2) is 0 Å². The number of carbonyl (C=O) groups is 1. The van der Waals surface area contributed by atoms with Gasteiger partial charge in [0.2, 0.25) is 0 Å². The van der Waals surface area contributed by atoms with Crippen LogP contribution in [0.5, 0.6) is 0 Å². The molecule has 3 nitrogen and oxygen atoms in total. The lowest BCUT2D eigenvalue weighted by molar-refractivity contribution is -0.341. The lowest BCUT2D eigenvalue weighted by Gasteiger charge is -2.17. The SMILES string of the molecule is COC(=O)c1ccc(C(CI)OC(F)(F)F)cc1. The predicted molar refractivity (Wildman–Crippen MR) is 66.5 cm³/mol. The molecule has 0 aliphatic carbocycles. The van der Waals surface area contributed by atoms with E-state index in [9.17, 15) is 18.0 Å². The third-order valence-electron chi connectivity index (χ3n) is 2.12. The van der Waals surface area contributed by atoms with Crippen LogP contribution in [0.2, 0.25) is 0 Å². The molecule has 0 bridgehead atoms. The van der Waals surface area contributed by atoms with Crippen molar-refractivity contribution in [1.82, 2.24) is 0 Å². The highest BCUT2D eigenvalue weighted by atomic mass is 127. The van der Waals surface area contributed by atoms with Gasteiger partial charge in [0.25, 0.3) is 0 Å². The van der Waals surface area contributed by atoms with E-state index in [2.05, 4.69) is 9.47 Å². The van der Waals surface area contributed by atoms with Crippen LogP contribution in [-0.4, -0.2) is 23.9 Å². The van der Waals surface area contributed by atoms with Gasteiger partial charge in [0.05, 0.1) is 12.7 Å². The Kier molecular flexibility index (Phi) is 5.39. The van der Waals surface area contributed by atoms with Gasteiger partial charge in [0, 0.05) is 4.43 Å². The molecule has 1 rings (SSSR count). The van der Waals surface area contributed by atoms with Gasteiger partial charge in [0.1, 0.15) is 6.10 Å². The first-order chi connectivity index (χ1) is 8.37. The fraction of sp³-hybridized carbons (Fsp3) is 0.364. The second-order valence-corrected chi connectivity index (χ2v) is 4.20. The normalized spacial score (nSPS) is 13.2. The molecule has 0 fully saturated rings. The molecule has 100 valence electrons. The van der Waals surface area contributed by atoms with Gasteiger partial charge >= 0.3 is 12.3 Å². The monoisotopic (exact) mass is 374 g/mol. The summed E-state index contributed by atoms with van der Waals surface area (Å²) in [6.45, 7) is 0. The van der Waals surface area contributed by atoms with Crippen LogP contribution >= 0.6 is 22.6 Å². The average molecular weight is 374 g/mol. The molecule has 7 heteroatoms. The molecule has 0 spiro atoms. The zero-order valence-electron chi connectivity index (χ0n) is 9.33.